The molecule has 0 saturated carbocycles. The second-order valence-electron chi connectivity index (χ2n) is 2.72. The largest absolute Gasteiger partial charge is 0.573 e. The van der Waals surface area contributed by atoms with Crippen LogP contribution < -0.4 is 9.88 Å². The van der Waals surface area contributed by atoms with Gasteiger partial charge in [0.2, 0.25) is 10.0 Å². The molecule has 90 valence electrons. The summed E-state index contributed by atoms with van der Waals surface area (Å²) in [5.41, 5.74) is 0. The van der Waals surface area contributed by atoms with E-state index in [0.717, 1.165) is 6.07 Å². The van der Waals surface area contributed by atoms with Crippen LogP contribution >= 0.6 is 0 Å². The summed E-state index contributed by atoms with van der Waals surface area (Å²) in [7, 11) is -4.08. The lowest BCUT2D eigenvalue weighted by atomic mass is 10.3. The van der Waals surface area contributed by atoms with Gasteiger partial charge >= 0.3 is 6.36 Å². The topological polar surface area (TPSA) is 89.6 Å². The number of ether oxygens (including phenoxy) is 1. The van der Waals surface area contributed by atoms with Crippen molar-refractivity contribution in [2.45, 2.75) is 11.3 Å². The van der Waals surface area contributed by atoms with Crippen LogP contribution in [0.2, 0.25) is 0 Å². The van der Waals surface area contributed by atoms with Gasteiger partial charge in [0.25, 0.3) is 0 Å². The van der Waals surface area contributed by atoms with Gasteiger partial charge in [-0.25, -0.2) is 13.6 Å². The first-order valence-electron chi connectivity index (χ1n) is 3.71. The van der Waals surface area contributed by atoms with Gasteiger partial charge in [0.1, 0.15) is 0 Å². The number of primary sulfonamides is 1. The second kappa shape index (κ2) is 3.83. The van der Waals surface area contributed by atoms with Crippen LogP contribution in [0.25, 0.3) is 0 Å². The molecule has 0 aromatic heterocycles. The molecule has 0 aliphatic heterocycles. The van der Waals surface area contributed by atoms with Crippen molar-refractivity contribution in [3.63, 3.8) is 0 Å². The third-order valence-corrected chi connectivity index (χ3v) is 2.40. The lowest BCUT2D eigenvalue weighted by Crippen LogP contribution is -2.17. The van der Waals surface area contributed by atoms with E-state index in [4.69, 9.17) is 10.2 Å². The van der Waals surface area contributed by atoms with Crippen molar-refractivity contribution < 1.29 is 31.4 Å². The maximum atomic E-state index is 11.8. The third kappa shape index (κ3) is 3.28. The molecule has 0 radical (unpaired) electrons. The molecule has 0 spiro atoms. The zero-order chi connectivity index (χ0) is 12.6. The number of sulfonamides is 1. The van der Waals surface area contributed by atoms with Crippen molar-refractivity contribution in [2.75, 3.05) is 0 Å². The average molecular weight is 257 g/mol. The van der Waals surface area contributed by atoms with E-state index >= 15 is 0 Å². The minimum atomic E-state index is -4.97. The number of nitrogens with two attached hydrogens (primary N) is 1. The molecule has 0 atom stereocenters. The number of hydrogen-bond donors (Lipinski definition) is 2. The lowest BCUT2D eigenvalue weighted by Gasteiger charge is -2.10. The van der Waals surface area contributed by atoms with E-state index in [1.165, 1.54) is 0 Å². The fraction of sp³-hybridized carbons (Fsp3) is 0.143. The smallest absolute Gasteiger partial charge is 0.504 e. The maximum Gasteiger partial charge on any atom is 0.573 e. The Labute approximate surface area is 88.3 Å². The number of hydrogen-bond acceptors (Lipinski definition) is 4. The van der Waals surface area contributed by atoms with Crippen LogP contribution in [0.3, 0.4) is 0 Å². The predicted molar refractivity (Wildman–Crippen MR) is 46.2 cm³/mol. The van der Waals surface area contributed by atoms with Crippen molar-refractivity contribution in [3.8, 4) is 11.5 Å². The molecule has 0 amide bonds. The second-order valence-corrected chi connectivity index (χ2v) is 4.28. The van der Waals surface area contributed by atoms with Crippen LogP contribution in [0, 0.1) is 0 Å². The highest BCUT2D eigenvalue weighted by atomic mass is 32.2. The van der Waals surface area contributed by atoms with Crippen molar-refractivity contribution in [1.29, 1.82) is 0 Å². The van der Waals surface area contributed by atoms with Crippen LogP contribution in [0.5, 0.6) is 11.5 Å². The van der Waals surface area contributed by atoms with Crippen LogP contribution in [-0.2, 0) is 10.0 Å². The van der Waals surface area contributed by atoms with E-state index < -0.39 is 32.8 Å². The summed E-state index contributed by atoms with van der Waals surface area (Å²) in [5, 5.41) is 13.8. The molecule has 1 rings (SSSR count). The molecule has 1 aromatic carbocycles. The Balaban J connectivity index is 3.11. The monoisotopic (exact) mass is 257 g/mol. The summed E-state index contributed by atoms with van der Waals surface area (Å²) in [4.78, 5) is -0.514. The Bertz CT molecular complexity index is 497. The Morgan fingerprint density at radius 1 is 1.31 bits per heavy atom. The molecule has 0 saturated heterocycles. The predicted octanol–water partition coefficient (Wildman–Crippen LogP) is 0.938. The number of phenolic OH excluding ortho intramolecular Hbond substituents is 1. The number of aromatic hydroxyl groups is 1. The van der Waals surface area contributed by atoms with Gasteiger partial charge in [-0.2, -0.15) is 0 Å². The van der Waals surface area contributed by atoms with Crippen LogP contribution in [0.4, 0.5) is 13.2 Å². The first kappa shape index (κ1) is 12.6. The number of halogens is 3. The summed E-state index contributed by atoms with van der Waals surface area (Å²) >= 11 is 0. The summed E-state index contributed by atoms with van der Waals surface area (Å²) in [6.07, 6.45) is -4.97. The Hall–Kier alpha value is -1.48. The van der Waals surface area contributed by atoms with Crippen molar-refractivity contribution in [3.05, 3.63) is 18.2 Å². The van der Waals surface area contributed by atoms with Gasteiger partial charge in [-0.3, -0.25) is 0 Å². The quantitative estimate of drug-likeness (QED) is 0.825. The van der Waals surface area contributed by atoms with Crippen molar-refractivity contribution in [1.82, 2.24) is 0 Å². The van der Waals surface area contributed by atoms with Gasteiger partial charge in [-0.15, -0.1) is 13.2 Å². The van der Waals surface area contributed by atoms with Crippen molar-refractivity contribution >= 4 is 10.0 Å². The van der Waals surface area contributed by atoms with E-state index in [-0.39, 0.29) is 0 Å². The lowest BCUT2D eigenvalue weighted by molar-refractivity contribution is -0.275. The normalized spacial score (nSPS) is 12.5. The number of alkyl halides is 3. The van der Waals surface area contributed by atoms with E-state index in [2.05, 4.69) is 4.74 Å². The van der Waals surface area contributed by atoms with Gasteiger partial charge in [0.05, 0.1) is 4.90 Å². The SMILES string of the molecule is NS(=O)(=O)c1ccc(OC(F)(F)F)c(O)c1. The van der Waals surface area contributed by atoms with E-state index in [0.29, 0.717) is 12.1 Å². The molecular weight excluding hydrogens is 251 g/mol. The minimum Gasteiger partial charge on any atom is -0.504 e. The fourth-order valence-electron chi connectivity index (χ4n) is 0.885. The molecule has 0 aliphatic rings. The number of phenols is 1. The standard InChI is InChI=1S/C7H6F3NO4S/c8-7(9,10)15-6-2-1-4(3-5(6)12)16(11,13)14/h1-3,12H,(H2,11,13,14). The van der Waals surface area contributed by atoms with Gasteiger partial charge in [0, 0.05) is 6.07 Å². The Morgan fingerprint density at radius 3 is 2.25 bits per heavy atom. The fourth-order valence-corrected chi connectivity index (χ4v) is 1.42. The number of rotatable bonds is 2. The van der Waals surface area contributed by atoms with Crippen molar-refractivity contribution in [2.24, 2.45) is 5.14 Å². The van der Waals surface area contributed by atoms with Gasteiger partial charge in [0.15, 0.2) is 11.5 Å². The molecule has 5 nitrogen and oxygen atoms in total. The number of benzene rings is 1. The first-order valence-corrected chi connectivity index (χ1v) is 5.26. The minimum absolute atomic E-state index is 0.514. The Morgan fingerprint density at radius 2 is 1.88 bits per heavy atom. The molecule has 1 aromatic rings. The molecule has 9 heteroatoms. The molecular formula is C7H6F3NO4S. The molecule has 0 unspecified atom stereocenters. The molecule has 16 heavy (non-hydrogen) atoms. The summed E-state index contributed by atoms with van der Waals surface area (Å²) in [6, 6.07) is 2.01. The van der Waals surface area contributed by atoms with E-state index in [9.17, 15) is 21.6 Å². The van der Waals surface area contributed by atoms with E-state index in [1.807, 2.05) is 0 Å². The van der Waals surface area contributed by atoms with Gasteiger partial charge in [-0.05, 0) is 12.1 Å². The van der Waals surface area contributed by atoms with Gasteiger partial charge in [-0.1, -0.05) is 0 Å². The highest BCUT2D eigenvalue weighted by molar-refractivity contribution is 7.89. The highest BCUT2D eigenvalue weighted by Crippen LogP contribution is 2.32. The summed E-state index contributed by atoms with van der Waals surface area (Å²) in [5.74, 6) is -1.87. The first-order chi connectivity index (χ1) is 7.09. The highest BCUT2D eigenvalue weighted by Gasteiger charge is 2.32. The van der Waals surface area contributed by atoms with Crippen LogP contribution in [0.15, 0.2) is 23.1 Å². The summed E-state index contributed by atoms with van der Waals surface area (Å²) in [6.45, 7) is 0. The average Bonchev–Trinajstić information content (AvgIpc) is 2.04. The molecule has 0 fully saturated rings. The van der Waals surface area contributed by atoms with Crippen LogP contribution in [-0.4, -0.2) is 19.9 Å². The van der Waals surface area contributed by atoms with Crippen LogP contribution in [0.1, 0.15) is 0 Å². The zero-order valence-electron chi connectivity index (χ0n) is 7.52. The maximum absolute atomic E-state index is 11.8. The molecule has 0 heterocycles. The summed E-state index contributed by atoms with van der Waals surface area (Å²) < 4.78 is 60.3. The molecule has 0 aliphatic carbocycles. The molecule has 3 N–H and O–H groups in total. The molecule has 0 bridgehead atoms. The zero-order valence-corrected chi connectivity index (χ0v) is 8.34. The third-order valence-electron chi connectivity index (χ3n) is 1.48. The Kier molecular flexibility index (Phi) is 3.01. The van der Waals surface area contributed by atoms with E-state index in [1.54, 1.807) is 0 Å². The van der Waals surface area contributed by atoms with Gasteiger partial charge < -0.3 is 9.84 Å².